The van der Waals surface area contributed by atoms with Crippen molar-refractivity contribution >= 4 is 28.8 Å². The third-order valence-corrected chi connectivity index (χ3v) is 5.12. The normalized spacial score (nSPS) is 12.5. The second kappa shape index (κ2) is 7.09. The van der Waals surface area contributed by atoms with Gasteiger partial charge < -0.3 is 10.6 Å². The van der Waals surface area contributed by atoms with E-state index in [9.17, 15) is 9.59 Å². The highest BCUT2D eigenvalue weighted by Crippen LogP contribution is 2.23. The summed E-state index contributed by atoms with van der Waals surface area (Å²) in [6.07, 6.45) is 1.12. The lowest BCUT2D eigenvalue weighted by molar-refractivity contribution is -0.115. The molecule has 2 heterocycles. The van der Waals surface area contributed by atoms with Crippen molar-refractivity contribution in [3.63, 3.8) is 0 Å². The van der Waals surface area contributed by atoms with Gasteiger partial charge in [0.05, 0.1) is 23.7 Å². The molecule has 0 aliphatic carbocycles. The van der Waals surface area contributed by atoms with E-state index in [1.807, 2.05) is 23.6 Å². The maximum Gasteiger partial charge on any atom is 0.251 e. The number of benzene rings is 2. The molecule has 1 aromatic heterocycles. The fourth-order valence-corrected chi connectivity index (χ4v) is 3.75. The van der Waals surface area contributed by atoms with E-state index in [2.05, 4.69) is 27.8 Å². The lowest BCUT2D eigenvalue weighted by Gasteiger charge is -2.05. The smallest absolute Gasteiger partial charge is 0.251 e. The number of fused-ring (bicyclic) bond motifs is 1. The predicted molar refractivity (Wildman–Crippen MR) is 101 cm³/mol. The van der Waals surface area contributed by atoms with Gasteiger partial charge in [-0.05, 0) is 29.3 Å². The highest BCUT2D eigenvalue weighted by molar-refractivity contribution is 7.09. The van der Waals surface area contributed by atoms with Crippen molar-refractivity contribution in [2.45, 2.75) is 19.4 Å². The summed E-state index contributed by atoms with van der Waals surface area (Å²) < 4.78 is 0. The van der Waals surface area contributed by atoms with Gasteiger partial charge in [0, 0.05) is 23.1 Å². The first kappa shape index (κ1) is 16.5. The molecule has 0 atom stereocenters. The number of rotatable bonds is 5. The van der Waals surface area contributed by atoms with E-state index in [-0.39, 0.29) is 11.8 Å². The van der Waals surface area contributed by atoms with Crippen molar-refractivity contribution in [3.05, 3.63) is 81.3 Å². The number of amides is 2. The van der Waals surface area contributed by atoms with Crippen LogP contribution in [0.1, 0.15) is 32.2 Å². The standard InChI is InChI=1S/C20H17N3O2S/c24-18-10-15-9-14(6-7-17(15)23-18)20(25)21-11-16-12-26-19(22-16)8-13-4-2-1-3-5-13/h1-7,9,12H,8,10-11H2,(H,21,25)(H,23,24). The van der Waals surface area contributed by atoms with Crippen LogP contribution in [-0.2, 0) is 24.2 Å². The Morgan fingerprint density at radius 1 is 1.19 bits per heavy atom. The Labute approximate surface area is 155 Å². The minimum Gasteiger partial charge on any atom is -0.346 e. The minimum absolute atomic E-state index is 0.0361. The summed E-state index contributed by atoms with van der Waals surface area (Å²) in [4.78, 5) is 28.4. The highest BCUT2D eigenvalue weighted by Gasteiger charge is 2.19. The molecule has 0 radical (unpaired) electrons. The van der Waals surface area contributed by atoms with Gasteiger partial charge in [-0.3, -0.25) is 9.59 Å². The third-order valence-electron chi connectivity index (χ3n) is 4.22. The van der Waals surface area contributed by atoms with Crippen molar-refractivity contribution in [1.82, 2.24) is 10.3 Å². The summed E-state index contributed by atoms with van der Waals surface area (Å²) in [5, 5.41) is 8.67. The fraction of sp³-hybridized carbons (Fsp3) is 0.150. The lowest BCUT2D eigenvalue weighted by atomic mass is 10.1. The Hall–Kier alpha value is -2.99. The number of thiazole rings is 1. The zero-order valence-corrected chi connectivity index (χ0v) is 14.8. The highest BCUT2D eigenvalue weighted by atomic mass is 32.1. The van der Waals surface area contributed by atoms with E-state index in [1.165, 1.54) is 5.56 Å². The number of nitrogens with zero attached hydrogens (tertiary/aromatic N) is 1. The lowest BCUT2D eigenvalue weighted by Crippen LogP contribution is -2.23. The fourth-order valence-electron chi connectivity index (χ4n) is 2.93. The van der Waals surface area contributed by atoms with Gasteiger partial charge in [-0.15, -0.1) is 11.3 Å². The molecule has 0 fully saturated rings. The van der Waals surface area contributed by atoms with E-state index in [4.69, 9.17) is 0 Å². The van der Waals surface area contributed by atoms with Crippen LogP contribution in [0, 0.1) is 0 Å². The van der Waals surface area contributed by atoms with Gasteiger partial charge in [-0.2, -0.15) is 0 Å². The van der Waals surface area contributed by atoms with E-state index in [0.29, 0.717) is 18.5 Å². The zero-order chi connectivity index (χ0) is 17.9. The van der Waals surface area contributed by atoms with Gasteiger partial charge >= 0.3 is 0 Å². The Morgan fingerprint density at radius 2 is 2.04 bits per heavy atom. The maximum absolute atomic E-state index is 12.4. The molecule has 6 heteroatoms. The first-order chi connectivity index (χ1) is 12.7. The van der Waals surface area contributed by atoms with Crippen LogP contribution in [-0.4, -0.2) is 16.8 Å². The number of hydrogen-bond acceptors (Lipinski definition) is 4. The van der Waals surface area contributed by atoms with Gasteiger partial charge in [0.2, 0.25) is 5.91 Å². The van der Waals surface area contributed by atoms with Gasteiger partial charge in [-0.1, -0.05) is 30.3 Å². The average molecular weight is 363 g/mol. The molecule has 3 aromatic rings. The molecule has 0 unspecified atom stereocenters. The number of carbonyl (C=O) groups is 2. The quantitative estimate of drug-likeness (QED) is 0.731. The molecule has 4 rings (SSSR count). The van der Waals surface area contributed by atoms with Gasteiger partial charge in [0.15, 0.2) is 0 Å². The molecule has 2 N–H and O–H groups in total. The maximum atomic E-state index is 12.4. The molecule has 2 aromatic carbocycles. The molecule has 1 aliphatic rings. The molecule has 0 saturated carbocycles. The largest absolute Gasteiger partial charge is 0.346 e. The molecule has 0 spiro atoms. The second-order valence-corrected chi connectivity index (χ2v) is 7.12. The number of aromatic nitrogens is 1. The van der Waals surface area contributed by atoms with Crippen LogP contribution in [0.5, 0.6) is 0 Å². The number of nitrogens with one attached hydrogen (secondary N) is 2. The summed E-state index contributed by atoms with van der Waals surface area (Å²) in [6.45, 7) is 0.387. The number of carbonyl (C=O) groups excluding carboxylic acids is 2. The molecular weight excluding hydrogens is 346 g/mol. The van der Waals surface area contributed by atoms with Crippen LogP contribution in [0.25, 0.3) is 0 Å². The third kappa shape index (κ3) is 3.65. The van der Waals surface area contributed by atoms with E-state index >= 15 is 0 Å². The molecule has 0 saturated heterocycles. The first-order valence-corrected chi connectivity index (χ1v) is 9.23. The SMILES string of the molecule is O=C1Cc2cc(C(=O)NCc3csc(Cc4ccccc4)n3)ccc2N1. The molecule has 26 heavy (non-hydrogen) atoms. The molecular formula is C20H17N3O2S. The molecule has 2 amide bonds. The van der Waals surface area contributed by atoms with Gasteiger partial charge in [0.25, 0.3) is 5.91 Å². The Bertz CT molecular complexity index is 966. The summed E-state index contributed by atoms with van der Waals surface area (Å²) in [5.41, 5.74) is 4.28. The molecule has 1 aliphatic heterocycles. The predicted octanol–water partition coefficient (Wildman–Crippen LogP) is 3.16. The Morgan fingerprint density at radius 3 is 2.88 bits per heavy atom. The number of anilines is 1. The average Bonchev–Trinajstić information content (AvgIpc) is 3.25. The second-order valence-electron chi connectivity index (χ2n) is 6.17. The molecule has 5 nitrogen and oxygen atoms in total. The van der Waals surface area contributed by atoms with Crippen LogP contribution in [0.2, 0.25) is 0 Å². The van der Waals surface area contributed by atoms with Crippen molar-refractivity contribution < 1.29 is 9.59 Å². The van der Waals surface area contributed by atoms with Gasteiger partial charge in [0.1, 0.15) is 0 Å². The van der Waals surface area contributed by atoms with Gasteiger partial charge in [-0.25, -0.2) is 4.98 Å². The zero-order valence-electron chi connectivity index (χ0n) is 14.0. The van der Waals surface area contributed by atoms with Crippen molar-refractivity contribution in [2.24, 2.45) is 0 Å². The van der Waals surface area contributed by atoms with E-state index in [0.717, 1.165) is 28.4 Å². The van der Waals surface area contributed by atoms with E-state index in [1.54, 1.807) is 29.5 Å². The summed E-state index contributed by atoms with van der Waals surface area (Å²) in [5.74, 6) is -0.198. The van der Waals surface area contributed by atoms with Crippen LogP contribution in [0.3, 0.4) is 0 Å². The van der Waals surface area contributed by atoms with Crippen molar-refractivity contribution in [3.8, 4) is 0 Å². The monoisotopic (exact) mass is 363 g/mol. The van der Waals surface area contributed by atoms with Crippen LogP contribution < -0.4 is 10.6 Å². The van der Waals surface area contributed by atoms with Crippen molar-refractivity contribution in [1.29, 1.82) is 0 Å². The first-order valence-electron chi connectivity index (χ1n) is 8.35. The topological polar surface area (TPSA) is 71.1 Å². The summed E-state index contributed by atoms with van der Waals surface area (Å²) in [6, 6.07) is 15.5. The number of hydrogen-bond donors (Lipinski definition) is 2. The minimum atomic E-state index is -0.162. The van der Waals surface area contributed by atoms with Crippen LogP contribution >= 0.6 is 11.3 Å². The molecule has 0 bridgehead atoms. The summed E-state index contributed by atoms with van der Waals surface area (Å²) in [7, 11) is 0. The van der Waals surface area contributed by atoms with Crippen LogP contribution in [0.15, 0.2) is 53.9 Å². The summed E-state index contributed by atoms with van der Waals surface area (Å²) >= 11 is 1.60. The Kier molecular flexibility index (Phi) is 4.50. The van der Waals surface area contributed by atoms with E-state index < -0.39 is 0 Å². The molecule has 130 valence electrons. The van der Waals surface area contributed by atoms with Crippen molar-refractivity contribution in [2.75, 3.05) is 5.32 Å². The Balaban J connectivity index is 1.36. The van der Waals surface area contributed by atoms with Crippen LogP contribution in [0.4, 0.5) is 5.69 Å².